The second kappa shape index (κ2) is 7.82. The first kappa shape index (κ1) is 18.2. The van der Waals surface area contributed by atoms with Crippen LogP contribution >= 0.6 is 0 Å². The molecule has 5 heteroatoms. The molecule has 0 aliphatic carbocycles. The van der Waals surface area contributed by atoms with Gasteiger partial charge in [-0.2, -0.15) is 0 Å². The molecule has 5 nitrogen and oxygen atoms in total. The number of fused-ring (bicyclic) bond motifs is 1. The van der Waals surface area contributed by atoms with Gasteiger partial charge in [0.25, 0.3) is 5.91 Å². The number of carbonyl (C=O) groups excluding carboxylic acids is 2. The number of rotatable bonds is 6. The van der Waals surface area contributed by atoms with Gasteiger partial charge in [-0.3, -0.25) is 14.5 Å². The van der Waals surface area contributed by atoms with Crippen LogP contribution in [0.15, 0.2) is 72.8 Å². The number of amides is 2. The van der Waals surface area contributed by atoms with E-state index in [2.05, 4.69) is 0 Å². The maximum atomic E-state index is 12.9. The van der Waals surface area contributed by atoms with E-state index >= 15 is 0 Å². The van der Waals surface area contributed by atoms with Gasteiger partial charge in [-0.1, -0.05) is 48.5 Å². The van der Waals surface area contributed by atoms with Crippen molar-refractivity contribution in [3.63, 3.8) is 0 Å². The zero-order valence-corrected chi connectivity index (χ0v) is 15.7. The Morgan fingerprint density at radius 3 is 2.46 bits per heavy atom. The highest BCUT2D eigenvalue weighted by atomic mass is 16.5. The summed E-state index contributed by atoms with van der Waals surface area (Å²) in [4.78, 5) is 28.7. The maximum absolute atomic E-state index is 12.9. The first-order chi connectivity index (χ1) is 13.6. The minimum absolute atomic E-state index is 0.166. The average molecular weight is 374 g/mol. The molecule has 0 N–H and O–H groups in total. The first-order valence-corrected chi connectivity index (χ1v) is 9.37. The van der Waals surface area contributed by atoms with E-state index in [-0.39, 0.29) is 18.2 Å². The van der Waals surface area contributed by atoms with Gasteiger partial charge in [0.1, 0.15) is 12.4 Å². The van der Waals surface area contributed by atoms with E-state index in [1.165, 1.54) is 4.90 Å². The zero-order valence-electron chi connectivity index (χ0n) is 15.7. The molecule has 1 atom stereocenters. The monoisotopic (exact) mass is 374 g/mol. The summed E-state index contributed by atoms with van der Waals surface area (Å²) < 4.78 is 5.71. The molecule has 1 fully saturated rings. The highest BCUT2D eigenvalue weighted by molar-refractivity contribution is 6.22. The summed E-state index contributed by atoms with van der Waals surface area (Å²) in [5, 5.41) is 2.09. The first-order valence-electron chi connectivity index (χ1n) is 9.37. The molecular weight excluding hydrogens is 352 g/mol. The van der Waals surface area contributed by atoms with E-state index in [0.29, 0.717) is 18.8 Å². The minimum atomic E-state index is -0.460. The summed E-state index contributed by atoms with van der Waals surface area (Å²) in [7, 11) is 1.86. The quantitative estimate of drug-likeness (QED) is 0.620. The number of hydrogen-bond donors (Lipinski definition) is 0. The molecule has 3 aromatic carbocycles. The molecule has 0 spiro atoms. The van der Waals surface area contributed by atoms with Crippen LogP contribution in [0.1, 0.15) is 6.42 Å². The molecule has 28 heavy (non-hydrogen) atoms. The summed E-state index contributed by atoms with van der Waals surface area (Å²) in [6, 6.07) is 22.7. The lowest BCUT2D eigenvalue weighted by molar-refractivity contribution is -0.122. The molecule has 1 heterocycles. The minimum Gasteiger partial charge on any atom is -0.492 e. The Bertz CT molecular complexity index is 1000. The van der Waals surface area contributed by atoms with Crippen LogP contribution in [-0.2, 0) is 9.59 Å². The van der Waals surface area contributed by atoms with Crippen LogP contribution in [0.5, 0.6) is 5.75 Å². The van der Waals surface area contributed by atoms with E-state index in [1.54, 1.807) is 0 Å². The van der Waals surface area contributed by atoms with Crippen molar-refractivity contribution in [2.24, 2.45) is 0 Å². The lowest BCUT2D eigenvalue weighted by Crippen LogP contribution is -2.41. The van der Waals surface area contributed by atoms with Gasteiger partial charge in [0.2, 0.25) is 5.91 Å². The van der Waals surface area contributed by atoms with Gasteiger partial charge in [0.05, 0.1) is 18.2 Å². The van der Waals surface area contributed by atoms with Crippen LogP contribution in [0.4, 0.5) is 5.69 Å². The Labute approximate surface area is 164 Å². The van der Waals surface area contributed by atoms with Gasteiger partial charge in [-0.15, -0.1) is 0 Å². The largest absolute Gasteiger partial charge is 0.492 e. The zero-order chi connectivity index (χ0) is 19.5. The summed E-state index contributed by atoms with van der Waals surface area (Å²) >= 11 is 0. The number of para-hydroxylation sites is 1. The third-order valence-electron chi connectivity index (χ3n) is 5.10. The van der Waals surface area contributed by atoms with E-state index < -0.39 is 6.04 Å². The van der Waals surface area contributed by atoms with E-state index in [1.807, 2.05) is 84.7 Å². The molecule has 1 saturated heterocycles. The maximum Gasteiger partial charge on any atom is 0.251 e. The van der Waals surface area contributed by atoms with Gasteiger partial charge in [-0.25, -0.2) is 4.90 Å². The fraction of sp³-hybridized carbons (Fsp3) is 0.217. The van der Waals surface area contributed by atoms with Crippen LogP contribution in [0.3, 0.4) is 0 Å². The topological polar surface area (TPSA) is 49.9 Å². The molecule has 0 saturated carbocycles. The number of anilines is 1. The van der Waals surface area contributed by atoms with Gasteiger partial charge in [-0.05, 0) is 42.1 Å². The molecule has 0 bridgehead atoms. The van der Waals surface area contributed by atoms with Gasteiger partial charge >= 0.3 is 0 Å². The Hall–Kier alpha value is -3.18. The molecule has 142 valence electrons. The highest BCUT2D eigenvalue weighted by Gasteiger charge is 2.41. The third kappa shape index (κ3) is 3.62. The standard InChI is InChI=1S/C23H22N2O3/c1-24(13-14-28-20-9-3-2-4-10-20)21-16-22(26)25(23(21)27)19-12-11-17-7-5-6-8-18(17)15-19/h2-12,15,21H,13-14,16H2,1H3. The summed E-state index contributed by atoms with van der Waals surface area (Å²) in [5.41, 5.74) is 0.630. The lowest BCUT2D eigenvalue weighted by Gasteiger charge is -2.23. The summed E-state index contributed by atoms with van der Waals surface area (Å²) in [6.45, 7) is 1.01. The molecule has 0 aromatic heterocycles. The van der Waals surface area contributed by atoms with Crippen LogP contribution in [-0.4, -0.2) is 43.0 Å². The number of hydrogen-bond acceptors (Lipinski definition) is 4. The molecule has 1 unspecified atom stereocenters. The van der Waals surface area contributed by atoms with Crippen molar-refractivity contribution in [2.45, 2.75) is 12.5 Å². The molecule has 2 amide bonds. The summed E-state index contributed by atoms with van der Waals surface area (Å²) in [5.74, 6) is 0.450. The molecular formula is C23H22N2O3. The van der Waals surface area contributed by atoms with E-state index in [0.717, 1.165) is 16.5 Å². The lowest BCUT2D eigenvalue weighted by atomic mass is 10.1. The predicted octanol–water partition coefficient (Wildman–Crippen LogP) is 3.48. The number of benzene rings is 3. The second-order valence-electron chi connectivity index (χ2n) is 6.96. The van der Waals surface area contributed by atoms with Crippen molar-refractivity contribution in [1.82, 2.24) is 4.90 Å². The average Bonchev–Trinajstić information content (AvgIpc) is 3.02. The molecule has 1 aliphatic rings. The fourth-order valence-electron chi connectivity index (χ4n) is 3.53. The number of imide groups is 1. The smallest absolute Gasteiger partial charge is 0.251 e. The summed E-state index contributed by atoms with van der Waals surface area (Å²) in [6.07, 6.45) is 0.188. The van der Waals surface area contributed by atoms with Crippen LogP contribution < -0.4 is 9.64 Å². The van der Waals surface area contributed by atoms with Crippen molar-refractivity contribution in [3.8, 4) is 5.75 Å². The van der Waals surface area contributed by atoms with Crippen molar-refractivity contribution in [3.05, 3.63) is 72.8 Å². The van der Waals surface area contributed by atoms with E-state index in [4.69, 9.17) is 4.74 Å². The molecule has 1 aliphatic heterocycles. The van der Waals surface area contributed by atoms with Crippen LogP contribution in [0, 0.1) is 0 Å². The normalized spacial score (nSPS) is 16.9. The SMILES string of the molecule is CN(CCOc1ccccc1)C1CC(=O)N(c2ccc3ccccc3c2)C1=O. The predicted molar refractivity (Wildman–Crippen MR) is 109 cm³/mol. The molecule has 4 rings (SSSR count). The van der Waals surface area contributed by atoms with Crippen LogP contribution in [0.25, 0.3) is 10.8 Å². The van der Waals surface area contributed by atoms with Gasteiger partial charge in [0.15, 0.2) is 0 Å². The molecule has 3 aromatic rings. The van der Waals surface area contributed by atoms with Gasteiger partial charge in [0, 0.05) is 6.54 Å². The fourth-order valence-corrected chi connectivity index (χ4v) is 3.53. The van der Waals surface area contributed by atoms with Crippen molar-refractivity contribution in [1.29, 1.82) is 0 Å². The molecule has 0 radical (unpaired) electrons. The number of ether oxygens (including phenoxy) is 1. The van der Waals surface area contributed by atoms with Crippen molar-refractivity contribution >= 4 is 28.3 Å². The Morgan fingerprint density at radius 1 is 0.964 bits per heavy atom. The van der Waals surface area contributed by atoms with Crippen molar-refractivity contribution < 1.29 is 14.3 Å². The Kier molecular flexibility index (Phi) is 5.08. The second-order valence-corrected chi connectivity index (χ2v) is 6.96. The third-order valence-corrected chi connectivity index (χ3v) is 5.10. The van der Waals surface area contributed by atoms with E-state index in [9.17, 15) is 9.59 Å². The van der Waals surface area contributed by atoms with Gasteiger partial charge < -0.3 is 4.74 Å². The number of likely N-dealkylation sites (N-methyl/N-ethyl adjacent to an activating group) is 1. The van der Waals surface area contributed by atoms with Crippen LogP contribution in [0.2, 0.25) is 0 Å². The number of nitrogens with zero attached hydrogens (tertiary/aromatic N) is 2. The highest BCUT2D eigenvalue weighted by Crippen LogP contribution is 2.28. The van der Waals surface area contributed by atoms with Crippen molar-refractivity contribution in [2.75, 3.05) is 25.1 Å². The Balaban J connectivity index is 1.43. The Morgan fingerprint density at radius 2 is 1.68 bits per heavy atom. The number of carbonyl (C=O) groups is 2.